The van der Waals surface area contributed by atoms with Gasteiger partial charge in [0.05, 0.1) is 4.92 Å². The molecule has 0 saturated carbocycles. The largest absolute Gasteiger partial charge is 0.423 e. The molecule has 150 valence electrons. The first-order chi connectivity index (χ1) is 12.8. The minimum atomic E-state index is -5.00. The van der Waals surface area contributed by atoms with Gasteiger partial charge in [0.1, 0.15) is 5.56 Å². The van der Waals surface area contributed by atoms with Crippen LogP contribution in [0.25, 0.3) is 0 Å². The SMILES string of the molecule is CS(=O)c1ccc(C(C)(O)C(=O)Nc2ccc([N+](=O)[O-])c(C(F)(F)F)c2)cc1. The zero-order valence-corrected chi connectivity index (χ0v) is 15.4. The highest BCUT2D eigenvalue weighted by molar-refractivity contribution is 7.84. The molecule has 0 aliphatic rings. The van der Waals surface area contributed by atoms with Gasteiger partial charge in [-0.2, -0.15) is 13.2 Å². The van der Waals surface area contributed by atoms with Crippen LogP contribution < -0.4 is 5.32 Å². The van der Waals surface area contributed by atoms with Gasteiger partial charge in [0.15, 0.2) is 5.60 Å². The number of alkyl halides is 3. The minimum Gasteiger partial charge on any atom is -0.376 e. The topological polar surface area (TPSA) is 110 Å². The maximum absolute atomic E-state index is 13.0. The summed E-state index contributed by atoms with van der Waals surface area (Å²) in [6, 6.07) is 7.61. The molecule has 7 nitrogen and oxygen atoms in total. The Kier molecular flexibility index (Phi) is 5.90. The molecule has 2 aromatic rings. The van der Waals surface area contributed by atoms with Crippen LogP contribution in [0.4, 0.5) is 24.5 Å². The summed E-state index contributed by atoms with van der Waals surface area (Å²) in [4.78, 5) is 22.5. The third-order valence-electron chi connectivity index (χ3n) is 3.95. The number of rotatable bonds is 5. The molecule has 28 heavy (non-hydrogen) atoms. The first-order valence-electron chi connectivity index (χ1n) is 7.67. The van der Waals surface area contributed by atoms with Crippen molar-refractivity contribution in [1.82, 2.24) is 0 Å². The van der Waals surface area contributed by atoms with Gasteiger partial charge < -0.3 is 10.4 Å². The molecule has 11 heteroatoms. The Morgan fingerprint density at radius 2 is 1.75 bits per heavy atom. The fourth-order valence-corrected chi connectivity index (χ4v) is 2.87. The molecule has 0 bridgehead atoms. The van der Waals surface area contributed by atoms with Crippen LogP contribution in [0.2, 0.25) is 0 Å². The van der Waals surface area contributed by atoms with Crippen molar-refractivity contribution in [2.45, 2.75) is 23.6 Å². The summed E-state index contributed by atoms with van der Waals surface area (Å²) in [5.74, 6) is -1.04. The predicted molar refractivity (Wildman–Crippen MR) is 95.1 cm³/mol. The van der Waals surface area contributed by atoms with E-state index in [1.807, 2.05) is 0 Å². The van der Waals surface area contributed by atoms with E-state index < -0.39 is 44.7 Å². The van der Waals surface area contributed by atoms with E-state index in [2.05, 4.69) is 5.32 Å². The molecule has 2 rings (SSSR count). The van der Waals surface area contributed by atoms with Crippen molar-refractivity contribution < 1.29 is 32.2 Å². The van der Waals surface area contributed by atoms with Gasteiger partial charge in [-0.05, 0) is 36.8 Å². The van der Waals surface area contributed by atoms with Crippen LogP contribution in [-0.2, 0) is 27.4 Å². The third kappa shape index (κ3) is 4.54. The fourth-order valence-electron chi connectivity index (χ4n) is 2.36. The molecule has 0 radical (unpaired) electrons. The van der Waals surface area contributed by atoms with Gasteiger partial charge in [-0.3, -0.25) is 19.1 Å². The predicted octanol–water partition coefficient (Wildman–Crippen LogP) is 3.20. The Morgan fingerprint density at radius 1 is 1.18 bits per heavy atom. The van der Waals surface area contributed by atoms with Gasteiger partial charge >= 0.3 is 6.18 Å². The second-order valence-electron chi connectivity index (χ2n) is 5.99. The van der Waals surface area contributed by atoms with Crippen LogP contribution >= 0.6 is 0 Å². The molecule has 0 aromatic heterocycles. The Morgan fingerprint density at radius 3 is 2.21 bits per heavy atom. The maximum atomic E-state index is 13.0. The van der Waals surface area contributed by atoms with E-state index in [-0.39, 0.29) is 11.3 Å². The number of aliphatic hydroxyl groups is 1. The van der Waals surface area contributed by atoms with E-state index in [1.165, 1.54) is 30.5 Å². The maximum Gasteiger partial charge on any atom is 0.423 e. The van der Waals surface area contributed by atoms with Gasteiger partial charge in [-0.25, -0.2) is 0 Å². The lowest BCUT2D eigenvalue weighted by Gasteiger charge is -2.23. The van der Waals surface area contributed by atoms with E-state index in [4.69, 9.17) is 0 Å². The summed E-state index contributed by atoms with van der Waals surface area (Å²) < 4.78 is 50.5. The van der Waals surface area contributed by atoms with E-state index in [1.54, 1.807) is 0 Å². The molecule has 0 fully saturated rings. The van der Waals surface area contributed by atoms with Crippen LogP contribution in [0.5, 0.6) is 0 Å². The van der Waals surface area contributed by atoms with Crippen molar-refractivity contribution >= 4 is 28.1 Å². The van der Waals surface area contributed by atoms with Crippen molar-refractivity contribution in [2.24, 2.45) is 0 Å². The number of halogens is 3. The van der Waals surface area contributed by atoms with Crippen molar-refractivity contribution in [3.63, 3.8) is 0 Å². The van der Waals surface area contributed by atoms with Crippen LogP contribution in [0.3, 0.4) is 0 Å². The highest BCUT2D eigenvalue weighted by Gasteiger charge is 2.39. The van der Waals surface area contributed by atoms with Crippen LogP contribution in [0.1, 0.15) is 18.1 Å². The molecule has 1 amide bonds. The minimum absolute atomic E-state index is 0.122. The van der Waals surface area contributed by atoms with Gasteiger partial charge in [0.25, 0.3) is 11.6 Å². The van der Waals surface area contributed by atoms with Crippen LogP contribution in [0.15, 0.2) is 47.4 Å². The number of benzene rings is 2. The lowest BCUT2D eigenvalue weighted by molar-refractivity contribution is -0.388. The summed E-state index contributed by atoms with van der Waals surface area (Å²) in [6.07, 6.45) is -3.55. The average Bonchev–Trinajstić information content (AvgIpc) is 2.60. The number of nitro benzene ring substituents is 1. The lowest BCUT2D eigenvalue weighted by atomic mass is 9.95. The lowest BCUT2D eigenvalue weighted by Crippen LogP contribution is -2.37. The normalized spacial score (nSPS) is 14.8. The zero-order chi connectivity index (χ0) is 21.3. The van der Waals surface area contributed by atoms with E-state index >= 15 is 0 Å². The third-order valence-corrected chi connectivity index (χ3v) is 4.88. The average molecular weight is 416 g/mol. The molecule has 0 aliphatic carbocycles. The summed E-state index contributed by atoms with van der Waals surface area (Å²) in [7, 11) is -1.27. The van der Waals surface area contributed by atoms with E-state index in [9.17, 15) is 37.4 Å². The molecule has 2 N–H and O–H groups in total. The number of carbonyl (C=O) groups is 1. The molecule has 2 aromatic carbocycles. The first kappa shape index (κ1) is 21.5. The number of hydrogen-bond acceptors (Lipinski definition) is 5. The van der Waals surface area contributed by atoms with Crippen molar-refractivity contribution in [3.05, 3.63) is 63.7 Å². The summed E-state index contributed by atoms with van der Waals surface area (Å²) in [5.41, 5.74) is -5.04. The van der Waals surface area contributed by atoms with Crippen LogP contribution in [0, 0.1) is 10.1 Å². The Balaban J connectivity index is 2.32. The Hall–Kier alpha value is -2.79. The summed E-state index contributed by atoms with van der Waals surface area (Å²) in [5, 5.41) is 23.4. The molecule has 2 unspecified atom stereocenters. The Labute approximate surface area is 159 Å². The Bertz CT molecular complexity index is 943. The molecule has 0 aliphatic heterocycles. The first-order valence-corrected chi connectivity index (χ1v) is 9.23. The zero-order valence-electron chi connectivity index (χ0n) is 14.6. The molecule has 0 heterocycles. The molecule has 2 atom stereocenters. The second kappa shape index (κ2) is 7.68. The monoisotopic (exact) mass is 416 g/mol. The molecular weight excluding hydrogens is 401 g/mol. The summed E-state index contributed by atoms with van der Waals surface area (Å²) >= 11 is 0. The second-order valence-corrected chi connectivity index (χ2v) is 7.37. The highest BCUT2D eigenvalue weighted by Crippen LogP contribution is 2.37. The number of anilines is 1. The smallest absolute Gasteiger partial charge is 0.376 e. The van der Waals surface area contributed by atoms with Gasteiger partial charge in [0.2, 0.25) is 0 Å². The van der Waals surface area contributed by atoms with Gasteiger partial charge in [-0.1, -0.05) is 12.1 Å². The van der Waals surface area contributed by atoms with Gasteiger partial charge in [0, 0.05) is 33.7 Å². The number of nitrogens with one attached hydrogen (secondary N) is 1. The quantitative estimate of drug-likeness (QED) is 0.575. The number of hydrogen-bond donors (Lipinski definition) is 2. The van der Waals surface area contributed by atoms with E-state index in [0.717, 1.165) is 13.0 Å². The molecule has 0 saturated heterocycles. The van der Waals surface area contributed by atoms with Crippen molar-refractivity contribution in [2.75, 3.05) is 11.6 Å². The molecular formula is C17H15F3N2O5S. The van der Waals surface area contributed by atoms with Crippen molar-refractivity contribution in [1.29, 1.82) is 0 Å². The number of nitro groups is 1. The van der Waals surface area contributed by atoms with Gasteiger partial charge in [-0.15, -0.1) is 0 Å². The summed E-state index contributed by atoms with van der Waals surface area (Å²) in [6.45, 7) is 1.14. The number of carbonyl (C=O) groups excluding carboxylic acids is 1. The van der Waals surface area contributed by atoms with Crippen LogP contribution in [-0.4, -0.2) is 26.4 Å². The molecule has 0 spiro atoms. The highest BCUT2D eigenvalue weighted by atomic mass is 32.2. The standard InChI is InChI=1S/C17H15F3N2O5S/c1-16(24,10-3-6-12(7-4-10)28(2)27)15(23)21-11-5-8-14(22(25)26)13(9-11)17(18,19)20/h3-9,24H,1-2H3,(H,21,23). The number of amides is 1. The number of nitrogens with zero attached hydrogens (tertiary/aromatic N) is 1. The fraction of sp³-hybridized carbons (Fsp3) is 0.235. The van der Waals surface area contributed by atoms with Crippen molar-refractivity contribution in [3.8, 4) is 0 Å². The van der Waals surface area contributed by atoms with E-state index in [0.29, 0.717) is 17.0 Å².